The van der Waals surface area contributed by atoms with Gasteiger partial charge in [0, 0.05) is 6.04 Å². The van der Waals surface area contributed by atoms with Gasteiger partial charge < -0.3 is 4.90 Å². The van der Waals surface area contributed by atoms with Crippen LogP contribution in [0.4, 0.5) is 22.0 Å². The van der Waals surface area contributed by atoms with Crippen LogP contribution in [0, 0.1) is 11.3 Å². The minimum atomic E-state index is -5.95. The van der Waals surface area contributed by atoms with Crippen molar-refractivity contribution in [3.63, 3.8) is 0 Å². The fourth-order valence-corrected chi connectivity index (χ4v) is 0.867. The number of nitriles is 1. The molecule has 0 radical (unpaired) electrons. The number of amides is 1. The molecule has 0 saturated heterocycles. The largest absolute Gasteiger partial charge is 0.463 e. The maximum atomic E-state index is 12.6. The molecule has 16 heavy (non-hydrogen) atoms. The lowest BCUT2D eigenvalue weighted by atomic mass is 10.2. The van der Waals surface area contributed by atoms with E-state index in [1.807, 2.05) is 0 Å². The molecule has 0 rings (SSSR count). The van der Waals surface area contributed by atoms with E-state index >= 15 is 0 Å². The summed E-state index contributed by atoms with van der Waals surface area (Å²) in [5, 5.41) is 8.23. The predicted molar refractivity (Wildman–Crippen MR) is 43.5 cm³/mol. The van der Waals surface area contributed by atoms with E-state index in [1.54, 1.807) is 0 Å². The van der Waals surface area contributed by atoms with Crippen LogP contribution in [0.15, 0.2) is 0 Å². The van der Waals surface area contributed by atoms with Gasteiger partial charge in [-0.05, 0) is 13.8 Å². The first-order chi connectivity index (χ1) is 7.05. The number of rotatable bonds is 3. The van der Waals surface area contributed by atoms with Crippen LogP contribution in [0.3, 0.4) is 0 Å². The van der Waals surface area contributed by atoms with Crippen molar-refractivity contribution in [1.29, 1.82) is 5.26 Å². The van der Waals surface area contributed by atoms with Gasteiger partial charge in [0.15, 0.2) is 0 Å². The van der Waals surface area contributed by atoms with Crippen molar-refractivity contribution in [2.75, 3.05) is 6.54 Å². The van der Waals surface area contributed by atoms with E-state index in [0.29, 0.717) is 0 Å². The first kappa shape index (κ1) is 14.6. The van der Waals surface area contributed by atoms with Gasteiger partial charge in [0.2, 0.25) is 0 Å². The molecular weight excluding hydrogens is 235 g/mol. The summed E-state index contributed by atoms with van der Waals surface area (Å²) >= 11 is 0. The SMILES string of the molecule is CC(C)N(CC#N)C(=O)C(F)(F)C(F)(F)F. The average molecular weight is 244 g/mol. The third kappa shape index (κ3) is 2.81. The van der Waals surface area contributed by atoms with E-state index in [4.69, 9.17) is 5.26 Å². The molecule has 0 unspecified atom stereocenters. The zero-order valence-electron chi connectivity index (χ0n) is 8.48. The third-order valence-corrected chi connectivity index (χ3v) is 1.75. The van der Waals surface area contributed by atoms with Crippen LogP contribution in [0.1, 0.15) is 13.8 Å². The standard InChI is InChI=1S/C8H9F5N2O/c1-5(2)15(4-3-14)6(16)7(9,10)8(11,12)13/h5H,4H2,1-2H3. The van der Waals surface area contributed by atoms with Crippen molar-refractivity contribution in [1.82, 2.24) is 4.90 Å². The van der Waals surface area contributed by atoms with Crippen LogP contribution >= 0.6 is 0 Å². The molecule has 0 aliphatic carbocycles. The molecule has 3 nitrogen and oxygen atoms in total. The summed E-state index contributed by atoms with van der Waals surface area (Å²) in [4.78, 5) is 11.1. The fourth-order valence-electron chi connectivity index (χ4n) is 0.867. The van der Waals surface area contributed by atoms with Crippen molar-refractivity contribution < 1.29 is 26.7 Å². The number of halogens is 5. The molecule has 0 aromatic heterocycles. The normalized spacial score (nSPS) is 12.4. The van der Waals surface area contributed by atoms with Crippen LogP contribution in [0.2, 0.25) is 0 Å². The molecule has 0 N–H and O–H groups in total. The highest BCUT2D eigenvalue weighted by molar-refractivity contribution is 5.84. The Morgan fingerprint density at radius 2 is 1.75 bits per heavy atom. The number of nitrogens with zero attached hydrogens (tertiary/aromatic N) is 2. The van der Waals surface area contributed by atoms with E-state index in [9.17, 15) is 26.7 Å². The molecule has 0 heterocycles. The summed E-state index contributed by atoms with van der Waals surface area (Å²) in [6, 6.07) is 0.442. The van der Waals surface area contributed by atoms with Crippen molar-refractivity contribution in [2.24, 2.45) is 0 Å². The Hall–Kier alpha value is -1.39. The van der Waals surface area contributed by atoms with Crippen LogP contribution in [-0.4, -0.2) is 35.5 Å². The molecule has 0 aromatic rings. The van der Waals surface area contributed by atoms with Crippen molar-refractivity contribution in [2.45, 2.75) is 32.0 Å². The molecule has 0 bridgehead atoms. The van der Waals surface area contributed by atoms with Gasteiger partial charge in [0.25, 0.3) is 0 Å². The van der Waals surface area contributed by atoms with Gasteiger partial charge in [-0.2, -0.15) is 27.2 Å². The molecule has 0 atom stereocenters. The second kappa shape index (κ2) is 4.63. The number of alkyl halides is 5. The Balaban J connectivity index is 5.10. The molecule has 92 valence electrons. The molecule has 1 amide bonds. The molecule has 0 saturated carbocycles. The fraction of sp³-hybridized carbons (Fsp3) is 0.750. The Labute approximate surface area is 88.4 Å². The monoisotopic (exact) mass is 244 g/mol. The molecule has 0 aromatic carbocycles. The summed E-state index contributed by atoms with van der Waals surface area (Å²) in [5.74, 6) is -7.87. The summed E-state index contributed by atoms with van der Waals surface area (Å²) in [6.07, 6.45) is -5.95. The van der Waals surface area contributed by atoms with Gasteiger partial charge in [-0.15, -0.1) is 0 Å². The smallest absolute Gasteiger partial charge is 0.321 e. The Kier molecular flexibility index (Phi) is 4.23. The highest BCUT2D eigenvalue weighted by Crippen LogP contribution is 2.37. The van der Waals surface area contributed by atoms with Gasteiger partial charge in [0.1, 0.15) is 6.54 Å². The van der Waals surface area contributed by atoms with Crippen LogP contribution < -0.4 is 0 Å². The second-order valence-electron chi connectivity index (χ2n) is 3.26. The number of carbonyl (C=O) groups is 1. The van der Waals surface area contributed by atoms with Gasteiger partial charge in [-0.25, -0.2) is 0 Å². The quantitative estimate of drug-likeness (QED) is 0.562. The van der Waals surface area contributed by atoms with Crippen LogP contribution in [0.25, 0.3) is 0 Å². The molecule has 0 fully saturated rings. The Bertz CT molecular complexity index is 305. The molecule has 0 aliphatic rings. The van der Waals surface area contributed by atoms with Crippen LogP contribution in [0.5, 0.6) is 0 Å². The molecule has 0 spiro atoms. The van der Waals surface area contributed by atoms with Crippen LogP contribution in [-0.2, 0) is 4.79 Å². The van der Waals surface area contributed by atoms with Crippen molar-refractivity contribution in [3.05, 3.63) is 0 Å². The number of hydrogen-bond acceptors (Lipinski definition) is 2. The predicted octanol–water partition coefficient (Wildman–Crippen LogP) is 1.94. The van der Waals surface area contributed by atoms with Crippen molar-refractivity contribution >= 4 is 5.91 Å². The van der Waals surface area contributed by atoms with E-state index in [-0.39, 0.29) is 4.90 Å². The Morgan fingerprint density at radius 3 is 2.00 bits per heavy atom. The maximum Gasteiger partial charge on any atom is 0.463 e. The summed E-state index contributed by atoms with van der Waals surface area (Å²) < 4.78 is 60.9. The summed E-state index contributed by atoms with van der Waals surface area (Å²) in [5.41, 5.74) is 0. The lowest BCUT2D eigenvalue weighted by Crippen LogP contribution is -2.54. The number of carbonyl (C=O) groups excluding carboxylic acids is 1. The van der Waals surface area contributed by atoms with Crippen molar-refractivity contribution in [3.8, 4) is 6.07 Å². The summed E-state index contributed by atoms with van der Waals surface area (Å²) in [6.45, 7) is 1.66. The lowest BCUT2D eigenvalue weighted by Gasteiger charge is -2.28. The molecule has 8 heteroatoms. The number of hydrogen-bond donors (Lipinski definition) is 0. The topological polar surface area (TPSA) is 44.1 Å². The minimum Gasteiger partial charge on any atom is -0.321 e. The van der Waals surface area contributed by atoms with E-state index < -0.39 is 30.6 Å². The zero-order chi connectivity index (χ0) is 13.1. The second-order valence-corrected chi connectivity index (χ2v) is 3.26. The minimum absolute atomic E-state index is 0.174. The van der Waals surface area contributed by atoms with E-state index in [1.165, 1.54) is 19.9 Å². The highest BCUT2D eigenvalue weighted by atomic mass is 19.4. The zero-order valence-corrected chi connectivity index (χ0v) is 8.48. The molecule has 0 aliphatic heterocycles. The first-order valence-corrected chi connectivity index (χ1v) is 4.18. The average Bonchev–Trinajstić information content (AvgIpc) is 2.10. The summed E-state index contributed by atoms with van der Waals surface area (Å²) in [7, 11) is 0. The van der Waals surface area contributed by atoms with E-state index in [0.717, 1.165) is 0 Å². The molecular formula is C8H9F5N2O. The van der Waals surface area contributed by atoms with Gasteiger partial charge >= 0.3 is 18.0 Å². The highest BCUT2D eigenvalue weighted by Gasteiger charge is 2.64. The first-order valence-electron chi connectivity index (χ1n) is 4.18. The van der Waals surface area contributed by atoms with Gasteiger partial charge in [0.05, 0.1) is 6.07 Å². The lowest BCUT2D eigenvalue weighted by molar-refractivity contribution is -0.274. The van der Waals surface area contributed by atoms with E-state index in [2.05, 4.69) is 0 Å². The Morgan fingerprint density at radius 1 is 1.31 bits per heavy atom. The maximum absolute atomic E-state index is 12.6. The third-order valence-electron chi connectivity index (χ3n) is 1.75. The van der Waals surface area contributed by atoms with Gasteiger partial charge in [-0.3, -0.25) is 4.79 Å². The van der Waals surface area contributed by atoms with Gasteiger partial charge in [-0.1, -0.05) is 0 Å².